The number of hydrogen-bond acceptors (Lipinski definition) is 3. The predicted octanol–water partition coefficient (Wildman–Crippen LogP) is 4.42. The molecule has 1 heterocycles. The second kappa shape index (κ2) is 8.30. The van der Waals surface area contributed by atoms with Crippen molar-refractivity contribution < 1.29 is 14.3 Å². The van der Waals surface area contributed by atoms with Crippen LogP contribution in [0.2, 0.25) is 0 Å². The number of Topliss-reactive ketones (excluding diaryl/α,β-unsaturated/α-hetero) is 1. The van der Waals surface area contributed by atoms with E-state index in [1.807, 2.05) is 65.4 Å². The molecule has 0 bridgehead atoms. The molecule has 130 valence electrons. The maximum Gasteiger partial charge on any atom is 0.187 e. The Labute approximate surface area is 151 Å². The van der Waals surface area contributed by atoms with Gasteiger partial charge >= 0.3 is 0 Å². The lowest BCUT2D eigenvalue weighted by atomic mass is 10.0. The molecule has 0 aliphatic rings. The minimum absolute atomic E-state index is 0.0966. The van der Waals surface area contributed by atoms with Crippen molar-refractivity contribution in [3.8, 4) is 0 Å². The Kier molecular flexibility index (Phi) is 5.87. The van der Waals surface area contributed by atoms with Crippen molar-refractivity contribution in [2.24, 2.45) is 0 Å². The van der Waals surface area contributed by atoms with Crippen LogP contribution in [0.4, 0.5) is 0 Å². The van der Waals surface area contributed by atoms with Gasteiger partial charge in [0, 0.05) is 36.3 Å². The molecule has 25 heavy (non-hydrogen) atoms. The molecule has 4 nitrogen and oxygen atoms in total. The summed E-state index contributed by atoms with van der Waals surface area (Å²) in [7, 11) is 1.59. The molecule has 1 unspecified atom stereocenters. The summed E-state index contributed by atoms with van der Waals surface area (Å²) in [5, 5.41) is 0.200. The van der Waals surface area contributed by atoms with Gasteiger partial charge in [0.05, 0.1) is 6.61 Å². The number of rotatable bonds is 8. The lowest BCUT2D eigenvalue weighted by Gasteiger charge is -2.08. The highest BCUT2D eigenvalue weighted by Gasteiger charge is 2.23. The van der Waals surface area contributed by atoms with Crippen molar-refractivity contribution in [3.63, 3.8) is 0 Å². The highest BCUT2D eigenvalue weighted by molar-refractivity contribution is 6.35. The van der Waals surface area contributed by atoms with Gasteiger partial charge in [0.2, 0.25) is 0 Å². The first-order chi connectivity index (χ1) is 12.2. The van der Waals surface area contributed by atoms with Gasteiger partial charge in [0.25, 0.3) is 0 Å². The second-order valence-electron chi connectivity index (χ2n) is 5.71. The van der Waals surface area contributed by atoms with Crippen molar-refractivity contribution in [2.45, 2.75) is 11.9 Å². The molecule has 0 amide bonds. The van der Waals surface area contributed by atoms with E-state index < -0.39 is 5.38 Å². The van der Waals surface area contributed by atoms with E-state index >= 15 is 0 Å². The number of nitrogens with zero attached hydrogens (tertiary/aromatic N) is 1. The quantitative estimate of drug-likeness (QED) is 0.259. The van der Waals surface area contributed by atoms with Gasteiger partial charge in [-0.2, -0.15) is 0 Å². The van der Waals surface area contributed by atoms with Crippen molar-refractivity contribution >= 4 is 28.3 Å². The van der Waals surface area contributed by atoms with E-state index in [0.717, 1.165) is 16.5 Å². The minimum Gasteiger partial charge on any atom is -0.359 e. The molecule has 3 aromatic rings. The molecular formula is C20H20ClNO3. The zero-order valence-electron chi connectivity index (χ0n) is 14.0. The summed E-state index contributed by atoms with van der Waals surface area (Å²) in [6, 6.07) is 17.2. The number of ketones is 1. The number of aromatic nitrogens is 1. The van der Waals surface area contributed by atoms with E-state index in [1.165, 1.54) is 0 Å². The third-order valence-electron chi connectivity index (χ3n) is 4.05. The van der Waals surface area contributed by atoms with Crippen molar-refractivity contribution in [1.82, 2.24) is 4.57 Å². The number of methoxy groups -OCH3 is 1. The van der Waals surface area contributed by atoms with Crippen molar-refractivity contribution in [3.05, 3.63) is 71.9 Å². The summed E-state index contributed by atoms with van der Waals surface area (Å²) >= 11 is 6.45. The van der Waals surface area contributed by atoms with Crippen LogP contribution in [0.1, 0.15) is 21.3 Å². The lowest BCUT2D eigenvalue weighted by molar-refractivity contribution is -0.0327. The number of carbonyl (C=O) groups is 1. The predicted molar refractivity (Wildman–Crippen MR) is 99.1 cm³/mol. The van der Waals surface area contributed by atoms with Crippen LogP contribution in [0.3, 0.4) is 0 Å². The first-order valence-electron chi connectivity index (χ1n) is 8.10. The number of para-hydroxylation sites is 1. The summed E-state index contributed by atoms with van der Waals surface area (Å²) in [4.78, 5) is 13.0. The number of carbonyl (C=O) groups excluding carboxylic acids is 1. The van der Waals surface area contributed by atoms with Crippen LogP contribution in [0.25, 0.3) is 10.9 Å². The Balaban J connectivity index is 1.89. The van der Waals surface area contributed by atoms with Gasteiger partial charge in [-0.25, -0.2) is 0 Å². The zero-order valence-corrected chi connectivity index (χ0v) is 14.8. The fourth-order valence-electron chi connectivity index (χ4n) is 2.84. The topological polar surface area (TPSA) is 40.5 Å². The number of benzene rings is 2. The van der Waals surface area contributed by atoms with Crippen LogP contribution in [0.15, 0.2) is 60.8 Å². The van der Waals surface area contributed by atoms with Crippen molar-refractivity contribution in [2.75, 3.05) is 20.5 Å². The van der Waals surface area contributed by atoms with Gasteiger partial charge in [0.1, 0.15) is 12.2 Å². The van der Waals surface area contributed by atoms with Gasteiger partial charge in [-0.1, -0.05) is 48.5 Å². The first-order valence-corrected chi connectivity index (χ1v) is 8.54. The zero-order chi connectivity index (χ0) is 17.6. The highest BCUT2D eigenvalue weighted by atomic mass is 35.5. The SMILES string of the molecule is COCOCCn1cc(C(=O)C(Cl)c2ccccc2)c2ccccc21. The summed E-state index contributed by atoms with van der Waals surface area (Å²) in [5.74, 6) is -0.0966. The maximum atomic E-state index is 13.0. The smallest absolute Gasteiger partial charge is 0.187 e. The van der Waals surface area contributed by atoms with E-state index in [-0.39, 0.29) is 12.6 Å². The molecular weight excluding hydrogens is 338 g/mol. The van der Waals surface area contributed by atoms with E-state index in [0.29, 0.717) is 18.7 Å². The fraction of sp³-hybridized carbons (Fsp3) is 0.250. The molecule has 0 aliphatic heterocycles. The summed E-state index contributed by atoms with van der Waals surface area (Å²) < 4.78 is 12.3. The van der Waals surface area contributed by atoms with Gasteiger partial charge < -0.3 is 14.0 Å². The molecule has 0 saturated heterocycles. The van der Waals surface area contributed by atoms with E-state index in [9.17, 15) is 4.79 Å². The Bertz CT molecular complexity index is 845. The van der Waals surface area contributed by atoms with Crippen LogP contribution < -0.4 is 0 Å². The Morgan fingerprint density at radius 1 is 1.12 bits per heavy atom. The standard InChI is InChI=1S/C20H20ClNO3/c1-24-14-25-12-11-22-13-17(16-9-5-6-10-18(16)22)20(23)19(21)15-7-3-2-4-8-15/h2-10,13,19H,11-12,14H2,1H3. The third-order valence-corrected chi connectivity index (χ3v) is 4.50. The van der Waals surface area contributed by atoms with Crippen LogP contribution in [-0.2, 0) is 16.0 Å². The largest absolute Gasteiger partial charge is 0.359 e. The monoisotopic (exact) mass is 357 g/mol. The van der Waals surface area contributed by atoms with E-state index in [2.05, 4.69) is 0 Å². The average molecular weight is 358 g/mol. The molecule has 5 heteroatoms. The highest BCUT2D eigenvalue weighted by Crippen LogP contribution is 2.30. The van der Waals surface area contributed by atoms with Gasteiger partial charge in [-0.3, -0.25) is 4.79 Å². The number of ether oxygens (including phenoxy) is 2. The third kappa shape index (κ3) is 3.93. The lowest BCUT2D eigenvalue weighted by Crippen LogP contribution is -2.08. The molecule has 3 rings (SSSR count). The molecule has 1 atom stereocenters. The van der Waals surface area contributed by atoms with Crippen LogP contribution >= 0.6 is 11.6 Å². The average Bonchev–Trinajstić information content (AvgIpc) is 3.03. The summed E-state index contributed by atoms with van der Waals surface area (Å²) in [5.41, 5.74) is 2.42. The second-order valence-corrected chi connectivity index (χ2v) is 6.14. The number of hydrogen-bond donors (Lipinski definition) is 0. The number of alkyl halides is 1. The minimum atomic E-state index is -0.704. The van der Waals surface area contributed by atoms with Gasteiger partial charge in [-0.15, -0.1) is 11.6 Å². The number of fused-ring (bicyclic) bond motifs is 1. The molecule has 0 spiro atoms. The van der Waals surface area contributed by atoms with Gasteiger partial charge in [0.15, 0.2) is 5.78 Å². The Morgan fingerprint density at radius 3 is 2.60 bits per heavy atom. The Hall–Kier alpha value is -2.14. The van der Waals surface area contributed by atoms with Crippen LogP contribution in [0.5, 0.6) is 0 Å². The first kappa shape index (κ1) is 17.7. The van der Waals surface area contributed by atoms with E-state index in [1.54, 1.807) is 7.11 Å². The number of halogens is 1. The Morgan fingerprint density at radius 2 is 1.84 bits per heavy atom. The summed E-state index contributed by atoms with van der Waals surface area (Å²) in [6.45, 7) is 1.39. The molecule has 0 radical (unpaired) electrons. The normalized spacial score (nSPS) is 12.4. The molecule has 0 fully saturated rings. The van der Waals surface area contributed by atoms with Crippen LogP contribution in [-0.4, -0.2) is 30.9 Å². The van der Waals surface area contributed by atoms with Crippen LogP contribution in [0, 0.1) is 0 Å². The molecule has 1 aromatic heterocycles. The summed E-state index contributed by atoms with van der Waals surface area (Å²) in [6.07, 6.45) is 1.86. The van der Waals surface area contributed by atoms with Crippen molar-refractivity contribution in [1.29, 1.82) is 0 Å². The maximum absolute atomic E-state index is 13.0. The molecule has 0 N–H and O–H groups in total. The molecule has 0 saturated carbocycles. The molecule has 2 aromatic carbocycles. The molecule has 0 aliphatic carbocycles. The van der Waals surface area contributed by atoms with Gasteiger partial charge in [-0.05, 0) is 11.6 Å². The van der Waals surface area contributed by atoms with E-state index in [4.69, 9.17) is 21.1 Å². The fourth-order valence-corrected chi connectivity index (χ4v) is 3.11.